The van der Waals surface area contributed by atoms with Gasteiger partial charge in [0.15, 0.2) is 12.1 Å². The summed E-state index contributed by atoms with van der Waals surface area (Å²) in [5.41, 5.74) is 8.62. The molecule has 0 spiro atoms. The maximum absolute atomic E-state index is 10.9. The fourth-order valence-corrected chi connectivity index (χ4v) is 4.95. The van der Waals surface area contributed by atoms with Crippen LogP contribution in [-0.4, -0.2) is 48.1 Å². The second kappa shape index (κ2) is 9.23. The lowest BCUT2D eigenvalue weighted by molar-refractivity contribution is -0.218. The third-order valence-corrected chi connectivity index (χ3v) is 6.51. The first-order chi connectivity index (χ1) is 16.4. The molecule has 0 radical (unpaired) electrons. The van der Waals surface area contributed by atoms with Crippen molar-refractivity contribution in [1.82, 2.24) is 0 Å². The van der Waals surface area contributed by atoms with Gasteiger partial charge in [-0.2, -0.15) is 0 Å². The Hall–Kier alpha value is -2.58. The smallest absolute Gasteiger partial charge is 0.190 e. The molecule has 0 saturated carbocycles. The highest BCUT2D eigenvalue weighted by molar-refractivity contribution is 5.47. The van der Waals surface area contributed by atoms with E-state index in [2.05, 4.69) is 36.4 Å². The molecule has 2 fully saturated rings. The third-order valence-electron chi connectivity index (χ3n) is 6.51. The highest BCUT2D eigenvalue weighted by atomic mass is 16.8. The van der Waals surface area contributed by atoms with Crippen molar-refractivity contribution in [3.63, 3.8) is 0 Å². The first-order valence-corrected chi connectivity index (χ1v) is 11.7. The summed E-state index contributed by atoms with van der Waals surface area (Å²) < 4.78 is 24.4. The number of nitrogens with two attached hydrogens (primary N) is 1. The van der Waals surface area contributed by atoms with Crippen molar-refractivity contribution in [1.29, 1.82) is 0 Å². The van der Waals surface area contributed by atoms with Crippen LogP contribution in [-0.2, 0) is 24.5 Å². The van der Waals surface area contributed by atoms with Crippen molar-refractivity contribution in [3.8, 4) is 0 Å². The van der Waals surface area contributed by atoms with Gasteiger partial charge in [-0.1, -0.05) is 91.0 Å². The van der Waals surface area contributed by atoms with Gasteiger partial charge in [-0.3, -0.25) is 0 Å². The van der Waals surface area contributed by atoms with Gasteiger partial charge in [-0.25, -0.2) is 0 Å². The van der Waals surface area contributed by atoms with E-state index in [9.17, 15) is 5.11 Å². The van der Waals surface area contributed by atoms with Crippen LogP contribution in [0.2, 0.25) is 0 Å². The zero-order valence-electron chi connectivity index (χ0n) is 19.4. The van der Waals surface area contributed by atoms with E-state index >= 15 is 0 Å². The lowest BCUT2D eigenvalue weighted by atomic mass is 9.80. The van der Waals surface area contributed by atoms with E-state index in [-0.39, 0.29) is 6.61 Å². The Morgan fingerprint density at radius 3 is 1.76 bits per heavy atom. The molecule has 6 nitrogen and oxygen atoms in total. The van der Waals surface area contributed by atoms with Gasteiger partial charge in [0.2, 0.25) is 0 Å². The zero-order chi connectivity index (χ0) is 23.8. The SMILES string of the molecule is CC1(C)O[C@H]2O[C@@H]([C@H](N)COC(c3ccccc3)(c3ccccc3)c3ccccc3)[C@@H](O)[C@@H]2O1. The molecule has 2 aliphatic rings. The Morgan fingerprint density at radius 1 is 0.853 bits per heavy atom. The Balaban J connectivity index is 1.46. The number of hydrogen-bond donors (Lipinski definition) is 2. The van der Waals surface area contributed by atoms with E-state index in [1.54, 1.807) is 13.8 Å². The van der Waals surface area contributed by atoms with Crippen LogP contribution in [0.3, 0.4) is 0 Å². The molecule has 34 heavy (non-hydrogen) atoms. The fraction of sp³-hybridized carbons (Fsp3) is 0.357. The zero-order valence-corrected chi connectivity index (χ0v) is 19.4. The number of hydrogen-bond acceptors (Lipinski definition) is 6. The summed E-state index contributed by atoms with van der Waals surface area (Å²) in [5, 5.41) is 10.9. The van der Waals surface area contributed by atoms with Crippen LogP contribution in [0.5, 0.6) is 0 Å². The molecule has 0 aromatic heterocycles. The maximum atomic E-state index is 10.9. The van der Waals surface area contributed by atoms with E-state index in [1.807, 2.05) is 54.6 Å². The molecule has 3 N–H and O–H groups in total. The van der Waals surface area contributed by atoms with E-state index < -0.39 is 42.0 Å². The first kappa shape index (κ1) is 23.2. The van der Waals surface area contributed by atoms with Crippen molar-refractivity contribution in [3.05, 3.63) is 108 Å². The molecule has 2 aliphatic heterocycles. The Kier molecular flexibility index (Phi) is 6.29. The predicted octanol–water partition coefficient (Wildman–Crippen LogP) is 3.56. The van der Waals surface area contributed by atoms with E-state index in [1.165, 1.54) is 0 Å². The van der Waals surface area contributed by atoms with Crippen LogP contribution in [0.25, 0.3) is 0 Å². The van der Waals surface area contributed by atoms with Gasteiger partial charge in [-0.05, 0) is 30.5 Å². The maximum Gasteiger partial charge on any atom is 0.190 e. The molecule has 0 aliphatic carbocycles. The van der Waals surface area contributed by atoms with E-state index in [0.717, 1.165) is 16.7 Å². The van der Waals surface area contributed by atoms with Crippen LogP contribution in [0, 0.1) is 0 Å². The molecule has 2 saturated heterocycles. The normalized spacial score (nSPS) is 26.8. The molecule has 5 atom stereocenters. The summed E-state index contributed by atoms with van der Waals surface area (Å²) >= 11 is 0. The van der Waals surface area contributed by atoms with Crippen molar-refractivity contribution >= 4 is 0 Å². The molecule has 2 heterocycles. The van der Waals surface area contributed by atoms with E-state index in [0.29, 0.717) is 0 Å². The average molecular weight is 462 g/mol. The highest BCUT2D eigenvalue weighted by Gasteiger charge is 2.55. The molecule has 0 bridgehead atoms. The monoisotopic (exact) mass is 461 g/mol. The minimum Gasteiger partial charge on any atom is -0.387 e. The largest absolute Gasteiger partial charge is 0.387 e. The van der Waals surface area contributed by atoms with Crippen LogP contribution >= 0.6 is 0 Å². The lowest BCUT2D eigenvalue weighted by Crippen LogP contribution is -2.49. The van der Waals surface area contributed by atoms with Gasteiger partial charge in [0.05, 0.1) is 12.6 Å². The Labute approximate surface area is 200 Å². The number of aliphatic hydroxyl groups excluding tert-OH is 1. The van der Waals surface area contributed by atoms with Gasteiger partial charge in [-0.15, -0.1) is 0 Å². The molecule has 178 valence electrons. The number of fused-ring (bicyclic) bond motifs is 1. The summed E-state index contributed by atoms with van der Waals surface area (Å²) in [7, 11) is 0. The number of ether oxygens (including phenoxy) is 4. The van der Waals surface area contributed by atoms with Crippen LogP contribution in [0.1, 0.15) is 30.5 Å². The number of benzene rings is 3. The average Bonchev–Trinajstić information content (AvgIpc) is 3.33. The van der Waals surface area contributed by atoms with Crippen LogP contribution in [0.4, 0.5) is 0 Å². The van der Waals surface area contributed by atoms with Gasteiger partial charge in [0.25, 0.3) is 0 Å². The molecule has 0 unspecified atom stereocenters. The fourth-order valence-electron chi connectivity index (χ4n) is 4.95. The molecular formula is C28H31NO5. The van der Waals surface area contributed by atoms with Gasteiger partial charge in [0, 0.05) is 0 Å². The molecule has 3 aromatic rings. The molecule has 0 amide bonds. The first-order valence-electron chi connectivity index (χ1n) is 11.7. The molecule has 5 rings (SSSR count). The van der Waals surface area contributed by atoms with Crippen molar-refractivity contribution in [2.45, 2.75) is 55.9 Å². The summed E-state index contributed by atoms with van der Waals surface area (Å²) in [5.74, 6) is -0.801. The summed E-state index contributed by atoms with van der Waals surface area (Å²) in [6, 6.07) is 29.7. The van der Waals surface area contributed by atoms with Crippen molar-refractivity contribution in [2.75, 3.05) is 6.61 Å². The van der Waals surface area contributed by atoms with Crippen LogP contribution < -0.4 is 5.73 Å². The van der Waals surface area contributed by atoms with Gasteiger partial charge in [0.1, 0.15) is 23.9 Å². The Bertz CT molecular complexity index is 979. The van der Waals surface area contributed by atoms with E-state index in [4.69, 9.17) is 24.7 Å². The lowest BCUT2D eigenvalue weighted by Gasteiger charge is -2.37. The topological polar surface area (TPSA) is 83.2 Å². The number of rotatable bonds is 7. The second-order valence-electron chi connectivity index (χ2n) is 9.31. The quantitative estimate of drug-likeness (QED) is 0.524. The van der Waals surface area contributed by atoms with Crippen LogP contribution in [0.15, 0.2) is 91.0 Å². The molecule has 6 heteroatoms. The van der Waals surface area contributed by atoms with Crippen molar-refractivity contribution in [2.24, 2.45) is 5.73 Å². The minimum absolute atomic E-state index is 0.142. The Morgan fingerprint density at radius 2 is 1.32 bits per heavy atom. The standard InChI is InChI=1S/C28H31NO5/c1-27(2)33-25-23(30)24(32-26(25)34-27)22(29)18-31-28(19-12-6-3-7-13-19,20-14-8-4-9-15-20)21-16-10-5-11-17-21/h3-17,22-26,30H,18,29H2,1-2H3/t22-,23-,24+,25+,26-/m1/s1. The van der Waals surface area contributed by atoms with Gasteiger partial charge < -0.3 is 29.8 Å². The summed E-state index contributed by atoms with van der Waals surface area (Å²) in [4.78, 5) is 0. The summed E-state index contributed by atoms with van der Waals surface area (Å²) in [6.45, 7) is 3.74. The highest BCUT2D eigenvalue weighted by Crippen LogP contribution is 2.42. The van der Waals surface area contributed by atoms with Gasteiger partial charge >= 0.3 is 0 Å². The molecular weight excluding hydrogens is 430 g/mol. The summed E-state index contributed by atoms with van der Waals surface area (Å²) in [6.07, 6.45) is -2.81. The third kappa shape index (κ3) is 4.18. The second-order valence-corrected chi connectivity index (χ2v) is 9.31. The minimum atomic E-state index is -0.912. The van der Waals surface area contributed by atoms with Crippen molar-refractivity contribution < 1.29 is 24.1 Å². The predicted molar refractivity (Wildman–Crippen MR) is 128 cm³/mol. The number of aliphatic hydroxyl groups is 1. The molecule has 3 aromatic carbocycles.